The molecule has 0 bridgehead atoms. The third-order valence-electron chi connectivity index (χ3n) is 15.3. The van der Waals surface area contributed by atoms with Gasteiger partial charge in [-0.1, -0.05) is 290 Å². The first-order chi connectivity index (χ1) is 42.9. The van der Waals surface area contributed by atoms with Crippen LogP contribution in [0, 0.1) is 0 Å². The fourth-order valence-electron chi connectivity index (χ4n) is 9.80. The largest absolute Gasteiger partial charge is 0.756 e. The number of phosphoric acid groups is 1. The summed E-state index contributed by atoms with van der Waals surface area (Å²) in [5, 5.41) is 3.03. The van der Waals surface area contributed by atoms with Gasteiger partial charge in [-0.2, -0.15) is 0 Å². The molecule has 1 N–H and O–H groups in total. The zero-order valence-electron chi connectivity index (χ0n) is 57.6. The summed E-state index contributed by atoms with van der Waals surface area (Å²) in [7, 11) is 1.15. The van der Waals surface area contributed by atoms with E-state index in [0.29, 0.717) is 23.9 Å². The van der Waals surface area contributed by atoms with Gasteiger partial charge in [0.15, 0.2) is 0 Å². The number of hydrogen-bond donors (Lipinski definition) is 1. The Morgan fingerprint density at radius 2 is 0.727 bits per heavy atom. The van der Waals surface area contributed by atoms with Crippen LogP contribution < -0.4 is 10.2 Å². The normalized spacial score (nSPS) is 14.3. The maximum atomic E-state index is 13.6. The molecule has 0 fully saturated rings. The van der Waals surface area contributed by atoms with Crippen molar-refractivity contribution >= 4 is 19.7 Å². The number of hydrogen-bond acceptors (Lipinski definition) is 7. The minimum absolute atomic E-state index is 0.0340. The van der Waals surface area contributed by atoms with Gasteiger partial charge >= 0.3 is 5.97 Å². The minimum atomic E-state index is -4.72. The highest BCUT2D eigenvalue weighted by atomic mass is 31.2. The van der Waals surface area contributed by atoms with Gasteiger partial charge in [0, 0.05) is 12.8 Å². The van der Waals surface area contributed by atoms with Crippen LogP contribution >= 0.6 is 7.82 Å². The van der Waals surface area contributed by atoms with Crippen LogP contribution in [0.4, 0.5) is 0 Å². The van der Waals surface area contributed by atoms with Crippen LogP contribution in [0.3, 0.4) is 0 Å². The van der Waals surface area contributed by atoms with Gasteiger partial charge < -0.3 is 28.5 Å². The van der Waals surface area contributed by atoms with Crippen molar-refractivity contribution in [3.63, 3.8) is 0 Å². The number of nitrogens with one attached hydrogen (secondary N) is 1. The Bertz CT molecular complexity index is 1970. The van der Waals surface area contributed by atoms with Gasteiger partial charge in [0.2, 0.25) is 5.91 Å². The zero-order valence-corrected chi connectivity index (χ0v) is 58.5. The number of unbranched alkanes of at least 4 members (excludes halogenated alkanes) is 28. The van der Waals surface area contributed by atoms with Crippen LogP contribution in [0.25, 0.3) is 0 Å². The molecule has 1 amide bonds. The second-order valence-corrected chi connectivity index (χ2v) is 26.4. The summed E-state index contributed by atoms with van der Waals surface area (Å²) in [5.41, 5.74) is 0. The molecule has 0 aliphatic heterocycles. The summed E-state index contributed by atoms with van der Waals surface area (Å²) in [6.07, 6.45) is 94.3. The molecule has 0 radical (unpaired) electrons. The number of amides is 1. The molecule has 0 heterocycles. The van der Waals surface area contributed by atoms with Gasteiger partial charge in [0.05, 0.1) is 33.8 Å². The smallest absolute Gasteiger partial charge is 0.306 e. The molecule has 88 heavy (non-hydrogen) atoms. The van der Waals surface area contributed by atoms with Crippen LogP contribution in [0.15, 0.2) is 134 Å². The van der Waals surface area contributed by atoms with Crippen molar-refractivity contribution in [2.75, 3.05) is 40.9 Å². The van der Waals surface area contributed by atoms with E-state index in [9.17, 15) is 19.0 Å². The van der Waals surface area contributed by atoms with Crippen LogP contribution in [-0.2, 0) is 27.9 Å². The highest BCUT2D eigenvalue weighted by Crippen LogP contribution is 2.38. The summed E-state index contributed by atoms with van der Waals surface area (Å²) >= 11 is 0. The molecule has 0 saturated heterocycles. The predicted octanol–water partition coefficient (Wildman–Crippen LogP) is 22.5. The first kappa shape index (κ1) is 84.2. The van der Waals surface area contributed by atoms with Crippen molar-refractivity contribution in [3.8, 4) is 0 Å². The monoisotopic (exact) mass is 1240 g/mol. The maximum Gasteiger partial charge on any atom is 0.306 e. The molecular formula is C78H135N2O7P. The van der Waals surface area contributed by atoms with E-state index >= 15 is 0 Å². The standard InChI is InChI=1S/C78H135N2O7P/c1-7-10-13-16-19-22-25-28-30-32-34-36-38-39-40-41-43-44-46-48-50-52-55-58-61-64-67-70-77(81)79-75(74-86-88(83,84)85-73-72-80(4,5)6)76(69-66-63-60-57-54-27-24-21-18-15-12-9-3)87-78(82)71-68-65-62-59-56-53-51-49-47-45-42-37-35-33-31-29-26-23-20-17-14-11-8-2/h11,14,19-20,22-23,28-31,34-37,39-40,45,47,51,53,66,69,75-76H,7-10,12-13,15-18,21,24-27,32-33,38,41-44,46,48-50,52,54-65,67-68,70-74H2,1-6H3,(H-,79,81,83,84)/b14-11-,22-19-,23-20-,30-28-,31-29-,36-34-,37-35-,40-39-,47-45-,53-51-,69-66-. The fraction of sp³-hybridized carbons (Fsp3) is 0.692. The summed E-state index contributed by atoms with van der Waals surface area (Å²) in [5.74, 6) is -0.577. The summed E-state index contributed by atoms with van der Waals surface area (Å²) in [6, 6.07) is -0.912. The number of rotatable bonds is 64. The third kappa shape index (κ3) is 66.6. The van der Waals surface area contributed by atoms with Gasteiger partial charge in [0.25, 0.3) is 7.82 Å². The van der Waals surface area contributed by atoms with E-state index in [2.05, 4.69) is 148 Å². The highest BCUT2D eigenvalue weighted by molar-refractivity contribution is 7.45. The van der Waals surface area contributed by atoms with Crippen LogP contribution in [0.2, 0.25) is 0 Å². The molecule has 0 aromatic heterocycles. The number of quaternary nitrogens is 1. The average Bonchev–Trinajstić information content (AvgIpc) is 3.71. The molecule has 0 saturated carbocycles. The van der Waals surface area contributed by atoms with E-state index in [4.69, 9.17) is 13.8 Å². The quantitative estimate of drug-likeness (QED) is 0.0212. The SMILES string of the molecule is CC/C=C\C/C=C\C/C=C\C/C=C\C/C=C\C/C=C\CCCCCCC(=O)OC(/C=C\CCCCCCCCCCCC)C(COP(=O)([O-])OCC[N+](C)(C)C)NC(=O)CCCCCCCCCCCCC/C=C\C/C=C\C/C=C\C/C=C\CCCCC. The van der Waals surface area contributed by atoms with Gasteiger partial charge in [-0.3, -0.25) is 14.2 Å². The van der Waals surface area contributed by atoms with E-state index in [1.54, 1.807) is 0 Å². The Kier molecular flexibility index (Phi) is 63.2. The molecule has 0 aliphatic rings. The lowest BCUT2D eigenvalue weighted by atomic mass is 10.0. The third-order valence-corrected chi connectivity index (χ3v) is 16.3. The molecule has 504 valence electrons. The van der Waals surface area contributed by atoms with E-state index in [1.165, 1.54) is 122 Å². The molecule has 3 atom stereocenters. The molecule has 0 rings (SSSR count). The predicted molar refractivity (Wildman–Crippen MR) is 380 cm³/mol. The topological polar surface area (TPSA) is 114 Å². The molecule has 0 spiro atoms. The lowest BCUT2D eigenvalue weighted by Crippen LogP contribution is -2.47. The van der Waals surface area contributed by atoms with E-state index < -0.39 is 26.6 Å². The Morgan fingerprint density at radius 3 is 1.11 bits per heavy atom. The second-order valence-electron chi connectivity index (χ2n) is 25.0. The van der Waals surface area contributed by atoms with Crippen LogP contribution in [0.5, 0.6) is 0 Å². The van der Waals surface area contributed by atoms with Crippen molar-refractivity contribution in [1.29, 1.82) is 0 Å². The van der Waals surface area contributed by atoms with Crippen molar-refractivity contribution in [3.05, 3.63) is 134 Å². The average molecular weight is 1240 g/mol. The number of allylic oxidation sites excluding steroid dienone is 21. The lowest BCUT2D eigenvalue weighted by Gasteiger charge is -2.30. The molecule has 10 heteroatoms. The number of likely N-dealkylation sites (N-methyl/N-ethyl adjacent to an activating group) is 1. The van der Waals surface area contributed by atoms with Crippen LogP contribution in [0.1, 0.15) is 297 Å². The van der Waals surface area contributed by atoms with Gasteiger partial charge in [0.1, 0.15) is 19.3 Å². The molecule has 3 unspecified atom stereocenters. The number of carbonyl (C=O) groups excluding carboxylic acids is 2. The molecule has 0 aliphatic carbocycles. The second kappa shape index (κ2) is 66.1. The van der Waals surface area contributed by atoms with Crippen molar-refractivity contribution < 1.29 is 37.3 Å². The van der Waals surface area contributed by atoms with Crippen molar-refractivity contribution in [2.45, 2.75) is 309 Å². The molecule has 0 aromatic rings. The fourth-order valence-corrected chi connectivity index (χ4v) is 10.5. The number of nitrogens with zero attached hydrogens (tertiary/aromatic N) is 1. The molecule has 9 nitrogen and oxygen atoms in total. The Balaban J connectivity index is 5.12. The summed E-state index contributed by atoms with van der Waals surface area (Å²) < 4.78 is 30.4. The Labute approximate surface area is 543 Å². The summed E-state index contributed by atoms with van der Waals surface area (Å²) in [6.45, 7) is 6.68. The first-order valence-electron chi connectivity index (χ1n) is 36.0. The Hall–Kier alpha value is -3.85. The number of phosphoric ester groups is 1. The lowest BCUT2D eigenvalue weighted by molar-refractivity contribution is -0.870. The van der Waals surface area contributed by atoms with E-state index in [0.717, 1.165) is 135 Å². The molecular weight excluding hydrogens is 1110 g/mol. The van der Waals surface area contributed by atoms with Crippen molar-refractivity contribution in [2.24, 2.45) is 0 Å². The van der Waals surface area contributed by atoms with Crippen LogP contribution in [-0.4, -0.2) is 69.4 Å². The van der Waals surface area contributed by atoms with E-state index in [-0.39, 0.29) is 24.9 Å². The van der Waals surface area contributed by atoms with Gasteiger partial charge in [-0.15, -0.1) is 0 Å². The van der Waals surface area contributed by atoms with E-state index in [1.807, 2.05) is 33.3 Å². The van der Waals surface area contributed by atoms with Gasteiger partial charge in [-0.05, 0) is 128 Å². The number of ether oxygens (including phenoxy) is 1. The van der Waals surface area contributed by atoms with Crippen molar-refractivity contribution in [1.82, 2.24) is 5.32 Å². The number of esters is 1. The zero-order chi connectivity index (χ0) is 64.2. The number of carbonyl (C=O) groups is 2. The Morgan fingerprint density at radius 1 is 0.409 bits per heavy atom. The summed E-state index contributed by atoms with van der Waals surface area (Å²) in [4.78, 5) is 40.2. The molecule has 0 aromatic carbocycles. The van der Waals surface area contributed by atoms with Gasteiger partial charge in [-0.25, -0.2) is 0 Å². The first-order valence-corrected chi connectivity index (χ1v) is 37.5. The highest BCUT2D eigenvalue weighted by Gasteiger charge is 2.27. The minimum Gasteiger partial charge on any atom is -0.756 e. The maximum absolute atomic E-state index is 13.6.